The second kappa shape index (κ2) is 6.06. The molecule has 1 aliphatic heterocycles. The number of rotatable bonds is 3. The maximum atomic E-state index is 12.4. The van der Waals surface area contributed by atoms with Crippen LogP contribution in [0.1, 0.15) is 33.6 Å². The molecular weight excluding hydrogens is 308 g/mol. The quantitative estimate of drug-likeness (QED) is 0.922. The highest BCUT2D eigenvalue weighted by Crippen LogP contribution is 2.24. The number of carbonyl (C=O) groups is 1. The average Bonchev–Trinajstić information content (AvgIpc) is 2.92. The first-order valence-corrected chi connectivity index (χ1v) is 9.38. The van der Waals surface area contributed by atoms with Crippen LogP contribution < -0.4 is 5.32 Å². The van der Waals surface area contributed by atoms with Crippen molar-refractivity contribution < 1.29 is 13.2 Å². The summed E-state index contributed by atoms with van der Waals surface area (Å²) in [6, 6.07) is 3.44. The van der Waals surface area contributed by atoms with Crippen molar-refractivity contribution in [3.63, 3.8) is 0 Å². The van der Waals surface area contributed by atoms with Gasteiger partial charge in [-0.3, -0.25) is 4.79 Å². The van der Waals surface area contributed by atoms with Gasteiger partial charge in [-0.2, -0.15) is 4.31 Å². The van der Waals surface area contributed by atoms with E-state index in [1.807, 2.05) is 20.8 Å². The average molecular weight is 330 g/mol. The number of amides is 1. The van der Waals surface area contributed by atoms with Gasteiger partial charge in [-0.05, 0) is 24.3 Å². The van der Waals surface area contributed by atoms with Crippen molar-refractivity contribution in [3.8, 4) is 0 Å². The van der Waals surface area contributed by atoms with Crippen LogP contribution in [0.3, 0.4) is 0 Å². The Bertz CT molecular complexity index is 580. The summed E-state index contributed by atoms with van der Waals surface area (Å²) < 4.78 is 26.7. The highest BCUT2D eigenvalue weighted by molar-refractivity contribution is 7.91. The summed E-state index contributed by atoms with van der Waals surface area (Å²) in [6.45, 7) is 6.53. The zero-order valence-electron chi connectivity index (χ0n) is 12.6. The second-order valence-electron chi connectivity index (χ2n) is 6.33. The second-order valence-corrected chi connectivity index (χ2v) is 9.45. The lowest BCUT2D eigenvalue weighted by molar-refractivity contribution is -0.129. The van der Waals surface area contributed by atoms with Gasteiger partial charge in [0.1, 0.15) is 4.21 Å². The van der Waals surface area contributed by atoms with Crippen LogP contribution in [-0.4, -0.2) is 37.8 Å². The number of nitrogens with zero attached hydrogens (tertiary/aromatic N) is 1. The molecule has 1 N–H and O–H groups in total. The zero-order chi connectivity index (χ0) is 15.7. The van der Waals surface area contributed by atoms with Crippen molar-refractivity contribution >= 4 is 27.3 Å². The van der Waals surface area contributed by atoms with Gasteiger partial charge >= 0.3 is 0 Å². The van der Waals surface area contributed by atoms with Gasteiger partial charge in [0.25, 0.3) is 10.0 Å². The van der Waals surface area contributed by atoms with Crippen LogP contribution in [0.25, 0.3) is 0 Å². The number of piperidine rings is 1. The first-order chi connectivity index (χ1) is 9.71. The van der Waals surface area contributed by atoms with Gasteiger partial charge in [0.15, 0.2) is 0 Å². The minimum Gasteiger partial charge on any atom is -0.353 e. The third-order valence-corrected chi connectivity index (χ3v) is 6.83. The number of thiophene rings is 1. The Morgan fingerprint density at radius 3 is 2.43 bits per heavy atom. The van der Waals surface area contributed by atoms with Gasteiger partial charge in [0.2, 0.25) is 5.91 Å². The molecule has 1 amide bonds. The predicted molar refractivity (Wildman–Crippen MR) is 83.7 cm³/mol. The molecule has 1 aromatic heterocycles. The van der Waals surface area contributed by atoms with E-state index in [0.717, 1.165) is 0 Å². The molecule has 0 bridgehead atoms. The normalized spacial score (nSPS) is 18.6. The number of nitrogens with one attached hydrogen (secondary N) is 1. The third-order valence-electron chi connectivity index (χ3n) is 3.56. The fourth-order valence-electron chi connectivity index (χ4n) is 2.18. The molecule has 7 heteroatoms. The van der Waals surface area contributed by atoms with Gasteiger partial charge in [0.05, 0.1) is 0 Å². The predicted octanol–water partition coefficient (Wildman–Crippen LogP) is 2.06. The summed E-state index contributed by atoms with van der Waals surface area (Å²) in [5.74, 6) is 0.0158. The molecule has 1 aromatic rings. The first kappa shape index (κ1) is 16.5. The van der Waals surface area contributed by atoms with Crippen LogP contribution in [0.15, 0.2) is 21.7 Å². The van der Waals surface area contributed by atoms with Gasteiger partial charge < -0.3 is 5.32 Å². The lowest BCUT2D eigenvalue weighted by Crippen LogP contribution is -2.48. The molecular formula is C14H22N2O3S2. The van der Waals surface area contributed by atoms with Gasteiger partial charge in [-0.1, -0.05) is 26.8 Å². The summed E-state index contributed by atoms with van der Waals surface area (Å²) in [4.78, 5) is 12.0. The molecule has 0 radical (unpaired) electrons. The largest absolute Gasteiger partial charge is 0.353 e. The summed E-state index contributed by atoms with van der Waals surface area (Å²) in [6.07, 6.45) is 1.32. The fourth-order valence-corrected chi connectivity index (χ4v) is 4.79. The third kappa shape index (κ3) is 3.84. The van der Waals surface area contributed by atoms with Crippen LogP contribution in [0.2, 0.25) is 0 Å². The van der Waals surface area contributed by atoms with E-state index in [4.69, 9.17) is 0 Å². The number of sulfonamides is 1. The summed E-state index contributed by atoms with van der Waals surface area (Å²) in [7, 11) is -3.36. The van der Waals surface area contributed by atoms with Crippen molar-refractivity contribution in [1.29, 1.82) is 0 Å². The number of hydrogen-bond donors (Lipinski definition) is 1. The Labute approximate surface area is 130 Å². The standard InChI is InChI=1S/C14H22N2O3S2/c1-14(2,3)13(17)15-11-6-8-16(9-7-11)21(18,19)12-5-4-10-20-12/h4-5,10-11H,6-9H2,1-3H3,(H,15,17). The number of hydrogen-bond acceptors (Lipinski definition) is 4. The molecule has 1 fully saturated rings. The van der Waals surface area contributed by atoms with Crippen molar-refractivity contribution in [2.24, 2.45) is 5.41 Å². The molecule has 21 heavy (non-hydrogen) atoms. The molecule has 0 aromatic carbocycles. The van der Waals surface area contributed by atoms with Gasteiger partial charge in [-0.15, -0.1) is 11.3 Å². The van der Waals surface area contributed by atoms with Crippen LogP contribution >= 0.6 is 11.3 Å². The Hall–Kier alpha value is -0.920. The maximum Gasteiger partial charge on any atom is 0.252 e. The van der Waals surface area contributed by atoms with Gasteiger partial charge in [0, 0.05) is 24.5 Å². The van der Waals surface area contributed by atoms with Crippen LogP contribution in [0.4, 0.5) is 0 Å². The topological polar surface area (TPSA) is 66.5 Å². The molecule has 2 rings (SSSR count). The van der Waals surface area contributed by atoms with Crippen molar-refractivity contribution in [1.82, 2.24) is 9.62 Å². The van der Waals surface area contributed by atoms with E-state index >= 15 is 0 Å². The van der Waals surface area contributed by atoms with Crippen LogP contribution in [0, 0.1) is 5.41 Å². The molecule has 0 aliphatic carbocycles. The Balaban J connectivity index is 1.94. The highest BCUT2D eigenvalue weighted by Gasteiger charge is 2.32. The van der Waals surface area contributed by atoms with Crippen LogP contribution in [-0.2, 0) is 14.8 Å². The lowest BCUT2D eigenvalue weighted by atomic mass is 9.94. The van der Waals surface area contributed by atoms with E-state index in [9.17, 15) is 13.2 Å². The summed E-state index contributed by atoms with van der Waals surface area (Å²) >= 11 is 1.24. The van der Waals surface area contributed by atoms with E-state index in [2.05, 4.69) is 5.32 Å². The first-order valence-electron chi connectivity index (χ1n) is 7.06. The Morgan fingerprint density at radius 1 is 1.33 bits per heavy atom. The van der Waals surface area contributed by atoms with Crippen molar-refractivity contribution in [2.45, 2.75) is 43.9 Å². The zero-order valence-corrected chi connectivity index (χ0v) is 14.3. The van der Waals surface area contributed by atoms with Crippen LogP contribution in [0.5, 0.6) is 0 Å². The molecule has 2 heterocycles. The highest BCUT2D eigenvalue weighted by atomic mass is 32.2. The monoisotopic (exact) mass is 330 g/mol. The smallest absolute Gasteiger partial charge is 0.252 e. The molecule has 1 aliphatic rings. The van der Waals surface area contributed by atoms with E-state index in [1.165, 1.54) is 15.6 Å². The van der Waals surface area contributed by atoms with E-state index < -0.39 is 15.4 Å². The van der Waals surface area contributed by atoms with Gasteiger partial charge in [-0.25, -0.2) is 8.42 Å². The van der Waals surface area contributed by atoms with Crippen molar-refractivity contribution in [3.05, 3.63) is 17.5 Å². The Kier molecular flexibility index (Phi) is 4.75. The molecule has 0 saturated carbocycles. The minimum atomic E-state index is -3.36. The summed E-state index contributed by atoms with van der Waals surface area (Å²) in [5.41, 5.74) is -0.416. The molecule has 1 saturated heterocycles. The fraction of sp³-hybridized carbons (Fsp3) is 0.643. The summed E-state index contributed by atoms with van der Waals surface area (Å²) in [5, 5.41) is 4.77. The van der Waals surface area contributed by atoms with E-state index in [1.54, 1.807) is 17.5 Å². The minimum absolute atomic E-state index is 0.0158. The Morgan fingerprint density at radius 2 is 1.95 bits per heavy atom. The SMILES string of the molecule is CC(C)(C)C(=O)NC1CCN(S(=O)(=O)c2cccs2)CC1. The number of carbonyl (C=O) groups excluding carboxylic acids is 1. The van der Waals surface area contributed by atoms with Crippen molar-refractivity contribution in [2.75, 3.05) is 13.1 Å². The molecule has 5 nitrogen and oxygen atoms in total. The lowest BCUT2D eigenvalue weighted by Gasteiger charge is -2.32. The molecule has 0 atom stereocenters. The van der Waals surface area contributed by atoms with E-state index in [-0.39, 0.29) is 11.9 Å². The molecule has 0 unspecified atom stereocenters. The maximum absolute atomic E-state index is 12.4. The molecule has 118 valence electrons. The molecule has 0 spiro atoms. The van der Waals surface area contributed by atoms with E-state index in [0.29, 0.717) is 30.1 Å².